The van der Waals surface area contributed by atoms with E-state index in [-0.39, 0.29) is 10.8 Å². The van der Waals surface area contributed by atoms with Gasteiger partial charge >= 0.3 is 0 Å². The number of rotatable bonds is 5. The number of nitrogens with zero attached hydrogens (tertiary/aromatic N) is 1. The van der Waals surface area contributed by atoms with Crippen molar-refractivity contribution in [2.24, 2.45) is 0 Å². The highest BCUT2D eigenvalue weighted by atomic mass is 15.1. The van der Waals surface area contributed by atoms with E-state index in [2.05, 4.69) is 284 Å². The van der Waals surface area contributed by atoms with Crippen LogP contribution in [0.4, 0.5) is 17.1 Å². The second-order valence-electron chi connectivity index (χ2n) is 23.0. The van der Waals surface area contributed by atoms with E-state index in [1.165, 1.54) is 116 Å². The molecule has 0 saturated heterocycles. The Balaban J connectivity index is 1.08. The molecular weight excluding hydrogens is 891 g/mol. The predicted octanol–water partition coefficient (Wildman–Crippen LogP) is 18.7. The summed E-state index contributed by atoms with van der Waals surface area (Å²) in [5.74, 6) is 0. The summed E-state index contributed by atoms with van der Waals surface area (Å²) in [6.07, 6.45) is 0. The zero-order valence-corrected chi connectivity index (χ0v) is 43.4. The lowest BCUT2D eigenvalue weighted by Gasteiger charge is -2.47. The lowest BCUT2D eigenvalue weighted by atomic mass is 9.55. The number of fused-ring (bicyclic) bond motifs is 14. The van der Waals surface area contributed by atoms with Crippen molar-refractivity contribution in [1.29, 1.82) is 0 Å². The highest BCUT2D eigenvalue weighted by Crippen LogP contribution is 2.64. The first-order valence-electron chi connectivity index (χ1n) is 26.5. The first kappa shape index (κ1) is 44.4. The van der Waals surface area contributed by atoms with Crippen LogP contribution in [-0.2, 0) is 21.7 Å². The monoisotopic (exact) mass is 949 g/mol. The lowest BCUT2D eigenvalue weighted by Crippen LogP contribution is -2.41. The molecule has 3 aliphatic rings. The fourth-order valence-electron chi connectivity index (χ4n) is 14.0. The Morgan fingerprint density at radius 3 is 1.54 bits per heavy atom. The molecule has 11 aromatic rings. The van der Waals surface area contributed by atoms with Gasteiger partial charge in [-0.3, -0.25) is 0 Å². The molecule has 0 bridgehead atoms. The summed E-state index contributed by atoms with van der Waals surface area (Å²) in [6.45, 7) is 16.3. The van der Waals surface area contributed by atoms with Crippen molar-refractivity contribution in [3.8, 4) is 22.3 Å². The Hall–Kier alpha value is -8.26. The van der Waals surface area contributed by atoms with Crippen LogP contribution >= 0.6 is 0 Å². The largest absolute Gasteiger partial charge is 0.310 e. The topological polar surface area (TPSA) is 3.24 Å². The van der Waals surface area contributed by atoms with Crippen LogP contribution in [-0.4, -0.2) is 0 Å². The molecule has 0 amide bonds. The van der Waals surface area contributed by atoms with Crippen LogP contribution in [0.3, 0.4) is 0 Å². The van der Waals surface area contributed by atoms with Crippen molar-refractivity contribution >= 4 is 38.6 Å². The zero-order valence-electron chi connectivity index (χ0n) is 43.4. The Labute approximate surface area is 436 Å². The van der Waals surface area contributed by atoms with Crippen molar-refractivity contribution < 1.29 is 0 Å². The molecule has 1 spiro atoms. The number of hydrogen-bond acceptors (Lipinski definition) is 1. The average Bonchev–Trinajstić information content (AvgIpc) is 3.94. The van der Waals surface area contributed by atoms with Gasteiger partial charge in [0.05, 0.1) is 16.5 Å². The summed E-state index contributed by atoms with van der Waals surface area (Å²) in [7, 11) is 0. The molecule has 1 heteroatoms. The molecule has 1 atom stereocenters. The van der Waals surface area contributed by atoms with Crippen LogP contribution in [0.2, 0.25) is 0 Å². The van der Waals surface area contributed by atoms with Gasteiger partial charge in [-0.1, -0.05) is 234 Å². The van der Waals surface area contributed by atoms with Gasteiger partial charge in [0.2, 0.25) is 0 Å². The number of hydrogen-bond donors (Lipinski definition) is 0. The number of anilines is 3. The van der Waals surface area contributed by atoms with Crippen LogP contribution < -0.4 is 4.90 Å². The summed E-state index contributed by atoms with van der Waals surface area (Å²) in [5, 5.41) is 4.93. The van der Waals surface area contributed by atoms with Gasteiger partial charge in [0.15, 0.2) is 0 Å². The molecule has 0 N–H and O–H groups in total. The second-order valence-corrected chi connectivity index (χ2v) is 23.0. The summed E-state index contributed by atoms with van der Waals surface area (Å²) in [4.78, 5) is 2.59. The first-order chi connectivity index (χ1) is 35.9. The van der Waals surface area contributed by atoms with Crippen LogP contribution in [0.25, 0.3) is 43.8 Å². The van der Waals surface area contributed by atoms with E-state index in [9.17, 15) is 0 Å². The standard InChI is InChI=1S/C73H59N/c1-46-28-38-62-66(40-46)71(6,7)67-41-47(2)29-39-63(67)73(62)60-24-15-13-22-57(60)58-37-36-56(45-65(58)73)74(55-35-30-50-42-48-18-11-12-19-49(48)43-51(50)44-55)68-27-17-26-64-69(68)59-23-14-16-25-61(59)72(64,53-20-9-8-10-21-53)54-33-31-52(32-34-54)70(3,4)5/h8-45H,1-7H3. The molecule has 0 saturated carbocycles. The molecule has 0 heterocycles. The van der Waals surface area contributed by atoms with Gasteiger partial charge in [0.25, 0.3) is 0 Å². The smallest absolute Gasteiger partial charge is 0.0720 e. The number of benzene rings is 11. The van der Waals surface area contributed by atoms with E-state index in [0.717, 1.165) is 17.1 Å². The van der Waals surface area contributed by atoms with Crippen molar-refractivity contribution in [3.63, 3.8) is 0 Å². The fourth-order valence-corrected chi connectivity index (χ4v) is 14.0. The van der Waals surface area contributed by atoms with Crippen molar-refractivity contribution in [3.05, 3.63) is 303 Å². The molecule has 14 rings (SSSR count). The molecule has 0 fully saturated rings. The van der Waals surface area contributed by atoms with Crippen molar-refractivity contribution in [2.75, 3.05) is 4.90 Å². The molecule has 0 aromatic heterocycles. The zero-order chi connectivity index (χ0) is 50.3. The van der Waals surface area contributed by atoms with Gasteiger partial charge in [-0.25, -0.2) is 0 Å². The average molecular weight is 950 g/mol. The van der Waals surface area contributed by atoms with E-state index in [0.29, 0.717) is 0 Å². The number of aryl methyl sites for hydroxylation is 2. The van der Waals surface area contributed by atoms with Crippen molar-refractivity contribution in [2.45, 2.75) is 70.1 Å². The maximum Gasteiger partial charge on any atom is 0.0720 e. The molecule has 11 aromatic carbocycles. The minimum Gasteiger partial charge on any atom is -0.310 e. The van der Waals surface area contributed by atoms with Crippen LogP contribution in [0, 0.1) is 13.8 Å². The quantitative estimate of drug-likeness (QED) is 0.155. The maximum atomic E-state index is 2.59. The Bertz CT molecular complexity index is 4050. The lowest BCUT2D eigenvalue weighted by molar-refractivity contribution is 0.562. The Morgan fingerprint density at radius 2 is 0.865 bits per heavy atom. The van der Waals surface area contributed by atoms with E-state index in [1.807, 2.05) is 0 Å². The molecule has 0 radical (unpaired) electrons. The van der Waals surface area contributed by atoms with Gasteiger partial charge in [-0.2, -0.15) is 0 Å². The van der Waals surface area contributed by atoms with E-state index < -0.39 is 10.8 Å². The van der Waals surface area contributed by atoms with Gasteiger partial charge in [-0.15, -0.1) is 0 Å². The molecule has 74 heavy (non-hydrogen) atoms. The van der Waals surface area contributed by atoms with Crippen molar-refractivity contribution in [1.82, 2.24) is 0 Å². The van der Waals surface area contributed by atoms with Gasteiger partial charge < -0.3 is 4.90 Å². The minimum absolute atomic E-state index is 0.0232. The highest BCUT2D eigenvalue weighted by Gasteiger charge is 2.54. The molecule has 1 unspecified atom stereocenters. The normalized spacial score (nSPS) is 16.3. The predicted molar refractivity (Wildman–Crippen MR) is 311 cm³/mol. The Morgan fingerprint density at radius 1 is 0.338 bits per heavy atom. The fraction of sp³-hybridized carbons (Fsp3) is 0.151. The molecule has 1 nitrogen and oxygen atoms in total. The summed E-state index contributed by atoms with van der Waals surface area (Å²) < 4.78 is 0. The first-order valence-corrected chi connectivity index (χ1v) is 26.5. The van der Waals surface area contributed by atoms with E-state index >= 15 is 0 Å². The summed E-state index contributed by atoms with van der Waals surface area (Å²) in [6, 6.07) is 88.8. The molecule has 0 aliphatic heterocycles. The molecule has 3 aliphatic carbocycles. The van der Waals surface area contributed by atoms with Crippen LogP contribution in [0.5, 0.6) is 0 Å². The van der Waals surface area contributed by atoms with Gasteiger partial charge in [0.1, 0.15) is 0 Å². The van der Waals surface area contributed by atoms with Crippen LogP contribution in [0.15, 0.2) is 231 Å². The summed E-state index contributed by atoms with van der Waals surface area (Å²) >= 11 is 0. The van der Waals surface area contributed by atoms with E-state index in [1.54, 1.807) is 0 Å². The third kappa shape index (κ3) is 6.10. The second kappa shape index (κ2) is 15.9. The summed E-state index contributed by atoms with van der Waals surface area (Å²) in [5.41, 5.74) is 24.4. The van der Waals surface area contributed by atoms with Gasteiger partial charge in [0, 0.05) is 22.4 Å². The minimum atomic E-state index is -0.574. The maximum absolute atomic E-state index is 2.59. The molecule has 356 valence electrons. The molecular formula is C73H59N. The van der Waals surface area contributed by atoms with Gasteiger partial charge in [-0.05, 0) is 161 Å². The van der Waals surface area contributed by atoms with E-state index in [4.69, 9.17) is 0 Å². The third-order valence-corrected chi connectivity index (χ3v) is 17.4. The third-order valence-electron chi connectivity index (χ3n) is 17.4. The van der Waals surface area contributed by atoms with Crippen LogP contribution in [0.1, 0.15) is 107 Å². The Kier molecular flexibility index (Phi) is 9.53. The SMILES string of the molecule is Cc1ccc2c(c1)C(C)(C)c1cc(C)ccc1C21c2ccccc2-c2ccc(N(c3ccc4cc5ccccc5cc4c3)c3cccc4c3-c3ccccc3C4(c3ccccc3)c3ccc(C(C)(C)C)cc3)cc21. The highest BCUT2D eigenvalue weighted by molar-refractivity contribution is 6.03.